The molecule has 0 aromatic heterocycles. The van der Waals surface area contributed by atoms with Crippen LogP contribution in [0.1, 0.15) is 41.0 Å². The van der Waals surface area contributed by atoms with Gasteiger partial charge in [0.05, 0.1) is 0 Å². The molecule has 1 aliphatic heterocycles. The van der Waals surface area contributed by atoms with E-state index in [9.17, 15) is 0 Å². The Kier molecular flexibility index (Phi) is 4.50. The molecule has 0 saturated carbocycles. The van der Waals surface area contributed by atoms with E-state index in [1.807, 2.05) is 11.8 Å². The van der Waals surface area contributed by atoms with Gasteiger partial charge in [0.15, 0.2) is 5.17 Å². The van der Waals surface area contributed by atoms with E-state index in [4.69, 9.17) is 0 Å². The average Bonchev–Trinajstić information content (AvgIpc) is 2.50. The van der Waals surface area contributed by atoms with Crippen LogP contribution in [0.15, 0.2) is 4.99 Å². The molecule has 1 saturated heterocycles. The first kappa shape index (κ1) is 12.9. The molecule has 0 unspecified atom stereocenters. The van der Waals surface area contributed by atoms with Gasteiger partial charge in [0, 0.05) is 18.3 Å². The molecule has 1 aliphatic rings. The normalized spacial score (nSPS) is 24.9. The first-order valence-corrected chi connectivity index (χ1v) is 6.81. The molecule has 0 aromatic rings. The molecule has 0 bridgehead atoms. The lowest BCUT2D eigenvalue weighted by Crippen LogP contribution is -2.31. The quantitative estimate of drug-likeness (QED) is 0.802. The van der Waals surface area contributed by atoms with Gasteiger partial charge in [-0.05, 0) is 17.8 Å². The van der Waals surface area contributed by atoms with Gasteiger partial charge >= 0.3 is 0 Å². The SMILES string of the molecule is CC(C)[C@H]1CSC(=NCCC(C)(C)C)N1. The van der Waals surface area contributed by atoms with Gasteiger partial charge in [-0.2, -0.15) is 0 Å². The minimum absolute atomic E-state index is 0.394. The van der Waals surface area contributed by atoms with Crippen LogP contribution >= 0.6 is 11.8 Å². The highest BCUT2D eigenvalue weighted by Crippen LogP contribution is 2.21. The Balaban J connectivity index is 2.31. The van der Waals surface area contributed by atoms with Crippen molar-refractivity contribution in [3.8, 4) is 0 Å². The van der Waals surface area contributed by atoms with E-state index in [1.54, 1.807) is 0 Å². The summed E-state index contributed by atoms with van der Waals surface area (Å²) in [6.45, 7) is 12.3. The topological polar surface area (TPSA) is 24.4 Å². The van der Waals surface area contributed by atoms with Crippen LogP contribution in [-0.2, 0) is 0 Å². The summed E-state index contributed by atoms with van der Waals surface area (Å²) in [5.41, 5.74) is 0.394. The standard InChI is InChI=1S/C12H24N2S/c1-9(2)10-8-15-11(14-10)13-7-6-12(3,4)5/h9-10H,6-8H2,1-5H3,(H,13,14)/t10-/m1/s1. The number of hydrogen-bond acceptors (Lipinski definition) is 2. The minimum atomic E-state index is 0.394. The molecule has 1 N–H and O–H groups in total. The van der Waals surface area contributed by atoms with Crippen molar-refractivity contribution in [3.05, 3.63) is 0 Å². The number of aliphatic imine (C=N–C) groups is 1. The maximum Gasteiger partial charge on any atom is 0.156 e. The third-order valence-electron chi connectivity index (χ3n) is 2.63. The summed E-state index contributed by atoms with van der Waals surface area (Å²) in [6.07, 6.45) is 1.16. The lowest BCUT2D eigenvalue weighted by atomic mass is 9.93. The number of rotatable bonds is 3. The predicted molar refractivity (Wildman–Crippen MR) is 70.6 cm³/mol. The van der Waals surface area contributed by atoms with Crippen molar-refractivity contribution >= 4 is 16.9 Å². The lowest BCUT2D eigenvalue weighted by molar-refractivity contribution is 0.385. The third-order valence-corrected chi connectivity index (χ3v) is 3.68. The number of amidine groups is 1. The Morgan fingerprint density at radius 2 is 2.13 bits per heavy atom. The van der Waals surface area contributed by atoms with Gasteiger partial charge in [-0.3, -0.25) is 4.99 Å². The lowest BCUT2D eigenvalue weighted by Gasteiger charge is -2.16. The zero-order valence-corrected chi connectivity index (χ0v) is 11.4. The van der Waals surface area contributed by atoms with Crippen LogP contribution in [0.3, 0.4) is 0 Å². The fourth-order valence-electron chi connectivity index (χ4n) is 1.35. The molecule has 0 radical (unpaired) electrons. The van der Waals surface area contributed by atoms with E-state index in [0.717, 1.165) is 18.1 Å². The minimum Gasteiger partial charge on any atom is -0.361 e. The zero-order valence-electron chi connectivity index (χ0n) is 10.6. The van der Waals surface area contributed by atoms with Crippen LogP contribution in [0.5, 0.6) is 0 Å². The van der Waals surface area contributed by atoms with Crippen molar-refractivity contribution in [3.63, 3.8) is 0 Å². The first-order chi connectivity index (χ1) is 6.88. The number of nitrogens with one attached hydrogen (secondary N) is 1. The summed E-state index contributed by atoms with van der Waals surface area (Å²) in [4.78, 5) is 4.61. The maximum atomic E-state index is 4.61. The van der Waals surface area contributed by atoms with Crippen molar-refractivity contribution in [2.24, 2.45) is 16.3 Å². The molecule has 1 fully saturated rings. The molecule has 15 heavy (non-hydrogen) atoms. The first-order valence-electron chi connectivity index (χ1n) is 5.82. The molecular formula is C12H24N2S. The summed E-state index contributed by atoms with van der Waals surface area (Å²) in [5.74, 6) is 1.87. The smallest absolute Gasteiger partial charge is 0.156 e. The molecule has 1 rings (SSSR count). The highest BCUT2D eigenvalue weighted by Gasteiger charge is 2.22. The molecule has 0 amide bonds. The van der Waals surface area contributed by atoms with Crippen molar-refractivity contribution in [1.29, 1.82) is 0 Å². The van der Waals surface area contributed by atoms with Gasteiger partial charge in [0.1, 0.15) is 0 Å². The molecule has 3 heteroatoms. The van der Waals surface area contributed by atoms with E-state index >= 15 is 0 Å². The second-order valence-corrected chi connectivity index (χ2v) is 6.81. The highest BCUT2D eigenvalue weighted by molar-refractivity contribution is 8.14. The van der Waals surface area contributed by atoms with Crippen molar-refractivity contribution in [2.75, 3.05) is 12.3 Å². The maximum absolute atomic E-state index is 4.61. The molecule has 0 aromatic carbocycles. The van der Waals surface area contributed by atoms with E-state index < -0.39 is 0 Å². The van der Waals surface area contributed by atoms with Crippen molar-refractivity contribution in [1.82, 2.24) is 5.32 Å². The van der Waals surface area contributed by atoms with E-state index in [0.29, 0.717) is 17.4 Å². The predicted octanol–water partition coefficient (Wildman–Crippen LogP) is 3.14. The second-order valence-electron chi connectivity index (χ2n) is 5.80. The highest BCUT2D eigenvalue weighted by atomic mass is 32.2. The van der Waals surface area contributed by atoms with Gasteiger partial charge in [0.2, 0.25) is 0 Å². The summed E-state index contributed by atoms with van der Waals surface area (Å²) < 4.78 is 0. The van der Waals surface area contributed by atoms with Crippen LogP contribution < -0.4 is 5.32 Å². The molecule has 88 valence electrons. The fraction of sp³-hybridized carbons (Fsp3) is 0.917. The van der Waals surface area contributed by atoms with Crippen LogP contribution in [-0.4, -0.2) is 23.5 Å². The van der Waals surface area contributed by atoms with Crippen LogP contribution in [0.2, 0.25) is 0 Å². The average molecular weight is 228 g/mol. The molecular weight excluding hydrogens is 204 g/mol. The number of nitrogens with zero attached hydrogens (tertiary/aromatic N) is 1. The monoisotopic (exact) mass is 228 g/mol. The van der Waals surface area contributed by atoms with E-state index in [2.05, 4.69) is 44.9 Å². The van der Waals surface area contributed by atoms with Crippen LogP contribution in [0, 0.1) is 11.3 Å². The largest absolute Gasteiger partial charge is 0.361 e. The van der Waals surface area contributed by atoms with E-state index in [1.165, 1.54) is 5.75 Å². The summed E-state index contributed by atoms with van der Waals surface area (Å²) in [6, 6.07) is 0.614. The van der Waals surface area contributed by atoms with Gasteiger partial charge < -0.3 is 5.32 Å². The summed E-state index contributed by atoms with van der Waals surface area (Å²) >= 11 is 1.87. The molecule has 1 heterocycles. The van der Waals surface area contributed by atoms with Gasteiger partial charge in [-0.15, -0.1) is 0 Å². The Labute approximate surface area is 98.3 Å². The van der Waals surface area contributed by atoms with Gasteiger partial charge in [-0.25, -0.2) is 0 Å². The van der Waals surface area contributed by atoms with Crippen molar-refractivity contribution in [2.45, 2.75) is 47.1 Å². The zero-order chi connectivity index (χ0) is 11.5. The van der Waals surface area contributed by atoms with Crippen LogP contribution in [0.25, 0.3) is 0 Å². The Morgan fingerprint density at radius 3 is 2.60 bits per heavy atom. The fourth-order valence-corrected chi connectivity index (χ4v) is 2.58. The third kappa shape index (κ3) is 4.92. The second kappa shape index (κ2) is 5.24. The molecule has 2 nitrogen and oxygen atoms in total. The summed E-state index contributed by atoms with van der Waals surface area (Å²) in [5, 5.41) is 4.64. The Hall–Kier alpha value is -0.180. The molecule has 0 spiro atoms. The van der Waals surface area contributed by atoms with Crippen molar-refractivity contribution < 1.29 is 0 Å². The molecule has 0 aliphatic carbocycles. The molecule has 1 atom stereocenters. The summed E-state index contributed by atoms with van der Waals surface area (Å²) in [7, 11) is 0. The Morgan fingerprint density at radius 1 is 1.47 bits per heavy atom. The van der Waals surface area contributed by atoms with Gasteiger partial charge in [-0.1, -0.05) is 46.4 Å². The number of hydrogen-bond donors (Lipinski definition) is 1. The van der Waals surface area contributed by atoms with Gasteiger partial charge in [0.25, 0.3) is 0 Å². The van der Waals surface area contributed by atoms with Crippen LogP contribution in [0.4, 0.5) is 0 Å². The van der Waals surface area contributed by atoms with E-state index in [-0.39, 0.29) is 0 Å². The Bertz CT molecular complexity index is 228. The number of thioether (sulfide) groups is 1.